The number of hydrogen-bond acceptors (Lipinski definition) is 4. The molecule has 0 fully saturated rings. The van der Waals surface area contributed by atoms with Gasteiger partial charge in [-0.3, -0.25) is 0 Å². The molecule has 1 aromatic heterocycles. The van der Waals surface area contributed by atoms with E-state index in [-0.39, 0.29) is 17.5 Å². The van der Waals surface area contributed by atoms with Crippen LogP contribution in [-0.2, 0) is 18.5 Å². The zero-order chi connectivity index (χ0) is 18.4. The van der Waals surface area contributed by atoms with Gasteiger partial charge in [0.05, 0.1) is 10.7 Å². The van der Waals surface area contributed by atoms with Crippen LogP contribution in [0.2, 0.25) is 0 Å². The molecule has 136 valence electrons. The van der Waals surface area contributed by atoms with Gasteiger partial charge in [-0.15, -0.1) is 11.3 Å². The number of carbonyl (C=O) groups is 1. The van der Waals surface area contributed by atoms with Crippen molar-refractivity contribution in [2.45, 2.75) is 59.2 Å². The number of nitrogens with one attached hydrogen (secondary N) is 3. The molecule has 0 saturated heterocycles. The number of aromatic nitrogens is 1. The molecule has 0 atom stereocenters. The summed E-state index contributed by atoms with van der Waals surface area (Å²) in [5.41, 5.74) is 3.14. The Morgan fingerprint density at radius 1 is 1.16 bits per heavy atom. The summed E-state index contributed by atoms with van der Waals surface area (Å²) < 4.78 is 0. The fourth-order valence-electron chi connectivity index (χ4n) is 2.20. The summed E-state index contributed by atoms with van der Waals surface area (Å²) in [6.07, 6.45) is 0. The van der Waals surface area contributed by atoms with Crippen LogP contribution in [0.3, 0.4) is 0 Å². The maximum absolute atomic E-state index is 11.7. The molecule has 0 aliphatic carbocycles. The number of amides is 2. The van der Waals surface area contributed by atoms with E-state index >= 15 is 0 Å². The predicted octanol–water partition coefficient (Wildman–Crippen LogP) is 4.26. The van der Waals surface area contributed by atoms with Gasteiger partial charge in [0, 0.05) is 35.6 Å². The zero-order valence-electron chi connectivity index (χ0n) is 15.6. The summed E-state index contributed by atoms with van der Waals surface area (Å²) in [5, 5.41) is 12.3. The van der Waals surface area contributed by atoms with Crippen molar-refractivity contribution in [1.29, 1.82) is 0 Å². The van der Waals surface area contributed by atoms with E-state index in [2.05, 4.69) is 47.1 Å². The number of thiazole rings is 1. The summed E-state index contributed by atoms with van der Waals surface area (Å²) in [6, 6.07) is 7.79. The fourth-order valence-corrected chi connectivity index (χ4v) is 3.11. The maximum Gasteiger partial charge on any atom is 0.319 e. The largest absolute Gasteiger partial charge is 0.336 e. The predicted molar refractivity (Wildman–Crippen MR) is 105 cm³/mol. The van der Waals surface area contributed by atoms with Gasteiger partial charge >= 0.3 is 6.03 Å². The molecule has 2 amide bonds. The first kappa shape index (κ1) is 19.4. The van der Waals surface area contributed by atoms with Gasteiger partial charge in [-0.25, -0.2) is 9.78 Å². The van der Waals surface area contributed by atoms with E-state index in [4.69, 9.17) is 0 Å². The Bertz CT molecular complexity index is 686. The monoisotopic (exact) mass is 360 g/mol. The number of rotatable bonds is 6. The second kappa shape index (κ2) is 8.45. The maximum atomic E-state index is 11.7. The average Bonchev–Trinajstić information content (AvgIpc) is 2.97. The molecule has 0 radical (unpaired) electrons. The van der Waals surface area contributed by atoms with Crippen molar-refractivity contribution in [3.63, 3.8) is 0 Å². The third kappa shape index (κ3) is 6.48. The lowest BCUT2D eigenvalue weighted by molar-refractivity contribution is 0.250. The van der Waals surface area contributed by atoms with E-state index in [0.29, 0.717) is 0 Å². The van der Waals surface area contributed by atoms with Gasteiger partial charge in [0.25, 0.3) is 0 Å². The topological polar surface area (TPSA) is 66.1 Å². The Morgan fingerprint density at radius 3 is 2.40 bits per heavy atom. The molecule has 0 saturated carbocycles. The van der Waals surface area contributed by atoms with Crippen LogP contribution in [0.4, 0.5) is 10.5 Å². The first-order valence-electron chi connectivity index (χ1n) is 8.56. The van der Waals surface area contributed by atoms with Crippen molar-refractivity contribution < 1.29 is 4.79 Å². The molecule has 0 aliphatic heterocycles. The van der Waals surface area contributed by atoms with Crippen LogP contribution in [0.5, 0.6) is 0 Å². The highest BCUT2D eigenvalue weighted by molar-refractivity contribution is 7.09. The van der Waals surface area contributed by atoms with Gasteiger partial charge in [-0.1, -0.05) is 32.9 Å². The van der Waals surface area contributed by atoms with Crippen LogP contribution >= 0.6 is 11.3 Å². The lowest BCUT2D eigenvalue weighted by atomic mass is 9.98. The number of hydrogen-bond donors (Lipinski definition) is 3. The molecule has 2 rings (SSSR count). The summed E-state index contributed by atoms with van der Waals surface area (Å²) in [4.78, 5) is 16.4. The second-order valence-electron chi connectivity index (χ2n) is 7.45. The molecule has 0 unspecified atom stereocenters. The molecule has 1 heterocycles. The van der Waals surface area contributed by atoms with E-state index in [1.165, 1.54) is 10.6 Å². The van der Waals surface area contributed by atoms with Crippen molar-refractivity contribution in [3.8, 4) is 0 Å². The minimum atomic E-state index is -0.181. The summed E-state index contributed by atoms with van der Waals surface area (Å²) in [5.74, 6) is 0. The van der Waals surface area contributed by atoms with Crippen molar-refractivity contribution in [3.05, 3.63) is 45.9 Å². The molecule has 0 aliphatic rings. The van der Waals surface area contributed by atoms with Crippen LogP contribution in [0.1, 0.15) is 50.9 Å². The highest BCUT2D eigenvalue weighted by atomic mass is 32.1. The standard InChI is InChI=1S/C19H28N4OS/c1-13(2)21-18(24)23-15-8-6-14(7-9-15)10-20-11-16-12-25-17(22-16)19(3,4)5/h6-9,12-13,20H,10-11H2,1-5H3,(H2,21,23,24). The van der Waals surface area contributed by atoms with E-state index in [9.17, 15) is 4.79 Å². The van der Waals surface area contributed by atoms with E-state index in [0.717, 1.165) is 24.5 Å². The molecule has 0 bridgehead atoms. The van der Waals surface area contributed by atoms with Crippen molar-refractivity contribution in [2.75, 3.05) is 5.32 Å². The molecule has 0 spiro atoms. The number of anilines is 1. The van der Waals surface area contributed by atoms with Crippen LogP contribution in [0, 0.1) is 0 Å². The Balaban J connectivity index is 1.80. The molecule has 5 nitrogen and oxygen atoms in total. The van der Waals surface area contributed by atoms with Gasteiger partial charge < -0.3 is 16.0 Å². The summed E-state index contributed by atoms with van der Waals surface area (Å²) in [7, 11) is 0. The van der Waals surface area contributed by atoms with Gasteiger partial charge in [0.1, 0.15) is 0 Å². The van der Waals surface area contributed by atoms with E-state index in [1.54, 1.807) is 11.3 Å². The Hall–Kier alpha value is -1.92. The molecule has 3 N–H and O–H groups in total. The molecular weight excluding hydrogens is 332 g/mol. The van der Waals surface area contributed by atoms with Gasteiger partial charge in [0.15, 0.2) is 0 Å². The first-order valence-corrected chi connectivity index (χ1v) is 9.44. The summed E-state index contributed by atoms with van der Waals surface area (Å²) >= 11 is 1.72. The third-order valence-corrected chi connectivity index (χ3v) is 4.78. The van der Waals surface area contributed by atoms with Crippen LogP contribution < -0.4 is 16.0 Å². The van der Waals surface area contributed by atoms with Crippen molar-refractivity contribution in [1.82, 2.24) is 15.6 Å². The Morgan fingerprint density at radius 2 is 1.84 bits per heavy atom. The molecule has 6 heteroatoms. The zero-order valence-corrected chi connectivity index (χ0v) is 16.5. The molecule has 2 aromatic rings. The highest BCUT2D eigenvalue weighted by Crippen LogP contribution is 2.25. The smallest absolute Gasteiger partial charge is 0.319 e. The van der Waals surface area contributed by atoms with Crippen LogP contribution in [0.15, 0.2) is 29.6 Å². The third-order valence-electron chi connectivity index (χ3n) is 3.46. The minimum absolute atomic E-state index is 0.105. The van der Waals surface area contributed by atoms with E-state index < -0.39 is 0 Å². The lowest BCUT2D eigenvalue weighted by Crippen LogP contribution is -2.34. The van der Waals surface area contributed by atoms with E-state index in [1.807, 2.05) is 38.1 Å². The molecule has 1 aromatic carbocycles. The van der Waals surface area contributed by atoms with Crippen LogP contribution in [-0.4, -0.2) is 17.1 Å². The fraction of sp³-hybridized carbons (Fsp3) is 0.474. The first-order chi connectivity index (χ1) is 11.7. The molecule has 25 heavy (non-hydrogen) atoms. The number of nitrogens with zero attached hydrogens (tertiary/aromatic N) is 1. The van der Waals surface area contributed by atoms with Gasteiger partial charge in [-0.05, 0) is 31.5 Å². The minimum Gasteiger partial charge on any atom is -0.336 e. The number of benzene rings is 1. The van der Waals surface area contributed by atoms with Gasteiger partial charge in [-0.2, -0.15) is 0 Å². The Kier molecular flexibility index (Phi) is 6.56. The Labute approximate surface area is 154 Å². The summed E-state index contributed by atoms with van der Waals surface area (Å²) in [6.45, 7) is 11.9. The molecular formula is C19H28N4OS. The van der Waals surface area contributed by atoms with Crippen molar-refractivity contribution in [2.24, 2.45) is 0 Å². The highest BCUT2D eigenvalue weighted by Gasteiger charge is 2.17. The number of urea groups is 1. The van der Waals surface area contributed by atoms with Crippen LogP contribution in [0.25, 0.3) is 0 Å². The SMILES string of the molecule is CC(C)NC(=O)Nc1ccc(CNCc2csc(C(C)(C)C)n2)cc1. The average molecular weight is 361 g/mol. The normalized spacial score (nSPS) is 11.6. The second-order valence-corrected chi connectivity index (χ2v) is 8.31. The van der Waals surface area contributed by atoms with Crippen molar-refractivity contribution >= 4 is 23.1 Å². The number of carbonyl (C=O) groups excluding carboxylic acids is 1. The lowest BCUT2D eigenvalue weighted by Gasteiger charge is -2.13. The quantitative estimate of drug-likeness (QED) is 0.721. The van der Waals surface area contributed by atoms with Gasteiger partial charge in [0.2, 0.25) is 0 Å².